The number of hydrogen-bond donors (Lipinski definition) is 0. The van der Waals surface area contributed by atoms with Crippen molar-refractivity contribution in [3.05, 3.63) is 140 Å². The molecule has 2 heteroatoms. The lowest BCUT2D eigenvalue weighted by Gasteiger charge is -2.23. The maximum Gasteiger partial charge on any atom is 0.135 e. The van der Waals surface area contributed by atoms with Crippen molar-refractivity contribution in [2.75, 3.05) is 0 Å². The van der Waals surface area contributed by atoms with Crippen LogP contribution in [0.5, 0.6) is 11.5 Å². The van der Waals surface area contributed by atoms with Crippen LogP contribution in [-0.4, -0.2) is 4.57 Å². The zero-order valence-corrected chi connectivity index (χ0v) is 21.6. The van der Waals surface area contributed by atoms with Gasteiger partial charge in [0, 0.05) is 27.4 Å². The van der Waals surface area contributed by atoms with Crippen LogP contribution in [-0.2, 0) is 0 Å². The molecular weight excluding hydrogens is 486 g/mol. The Morgan fingerprint density at radius 1 is 0.375 bits per heavy atom. The first-order chi connectivity index (χ1) is 19.9. The molecule has 0 N–H and O–H groups in total. The van der Waals surface area contributed by atoms with Crippen LogP contribution >= 0.6 is 0 Å². The van der Waals surface area contributed by atoms with E-state index in [9.17, 15) is 0 Å². The van der Waals surface area contributed by atoms with Crippen molar-refractivity contribution in [3.63, 3.8) is 0 Å². The number of rotatable bonds is 2. The smallest absolute Gasteiger partial charge is 0.135 e. The molecular formula is C38H23NO. The van der Waals surface area contributed by atoms with Gasteiger partial charge in [-0.3, -0.25) is 0 Å². The van der Waals surface area contributed by atoms with Crippen LogP contribution < -0.4 is 4.74 Å². The van der Waals surface area contributed by atoms with E-state index in [0.29, 0.717) is 0 Å². The second-order valence-corrected chi connectivity index (χ2v) is 10.5. The van der Waals surface area contributed by atoms with Crippen LogP contribution in [0, 0.1) is 0 Å². The average molecular weight is 510 g/mol. The van der Waals surface area contributed by atoms with Gasteiger partial charge in [0.25, 0.3) is 0 Å². The number of hydrogen-bond acceptors (Lipinski definition) is 1. The van der Waals surface area contributed by atoms with Gasteiger partial charge in [0.1, 0.15) is 11.5 Å². The molecule has 0 unspecified atom stereocenters. The predicted octanol–water partition coefficient (Wildman–Crippen LogP) is 10.5. The van der Waals surface area contributed by atoms with Crippen molar-refractivity contribution < 1.29 is 4.74 Å². The van der Waals surface area contributed by atoms with E-state index < -0.39 is 0 Å². The fraction of sp³-hybridized carbons (Fsp3) is 0. The van der Waals surface area contributed by atoms with Crippen molar-refractivity contribution in [3.8, 4) is 39.4 Å². The predicted molar refractivity (Wildman–Crippen MR) is 167 cm³/mol. The summed E-state index contributed by atoms with van der Waals surface area (Å²) in [5, 5.41) is 7.46. The molecule has 0 amide bonds. The molecule has 0 saturated carbocycles. The third kappa shape index (κ3) is 2.88. The molecule has 0 radical (unpaired) electrons. The van der Waals surface area contributed by atoms with E-state index in [2.05, 4.69) is 138 Å². The minimum Gasteiger partial charge on any atom is -0.456 e. The highest BCUT2D eigenvalue weighted by Gasteiger charge is 2.23. The highest BCUT2D eigenvalue weighted by Crippen LogP contribution is 2.50. The van der Waals surface area contributed by atoms with Crippen LogP contribution in [0.2, 0.25) is 0 Å². The van der Waals surface area contributed by atoms with E-state index in [1.807, 2.05) is 6.07 Å². The number of ether oxygens (including phenoxy) is 1. The van der Waals surface area contributed by atoms with Gasteiger partial charge in [-0.05, 0) is 69.2 Å². The Morgan fingerprint density at radius 3 is 1.98 bits per heavy atom. The number of fused-ring (bicyclic) bond motifs is 7. The Bertz CT molecular complexity index is 2290. The summed E-state index contributed by atoms with van der Waals surface area (Å²) >= 11 is 0. The van der Waals surface area contributed by atoms with Crippen LogP contribution in [0.1, 0.15) is 0 Å². The van der Waals surface area contributed by atoms with Gasteiger partial charge in [0.2, 0.25) is 0 Å². The van der Waals surface area contributed by atoms with Gasteiger partial charge in [0.05, 0.1) is 11.0 Å². The van der Waals surface area contributed by atoms with E-state index in [-0.39, 0.29) is 0 Å². The van der Waals surface area contributed by atoms with Gasteiger partial charge >= 0.3 is 0 Å². The maximum absolute atomic E-state index is 6.41. The molecule has 0 fully saturated rings. The molecule has 186 valence electrons. The molecule has 1 aliphatic heterocycles. The van der Waals surface area contributed by atoms with Gasteiger partial charge in [0.15, 0.2) is 0 Å². The minimum atomic E-state index is 0.912. The largest absolute Gasteiger partial charge is 0.456 e. The lowest BCUT2D eigenvalue weighted by molar-refractivity contribution is 0.487. The summed E-state index contributed by atoms with van der Waals surface area (Å²) in [5.74, 6) is 1.83. The molecule has 7 aromatic carbocycles. The lowest BCUT2D eigenvalue weighted by Crippen LogP contribution is -1.98. The second-order valence-electron chi connectivity index (χ2n) is 10.5. The van der Waals surface area contributed by atoms with E-state index in [4.69, 9.17) is 4.74 Å². The van der Waals surface area contributed by atoms with E-state index >= 15 is 0 Å². The quantitative estimate of drug-likeness (QED) is 0.226. The van der Waals surface area contributed by atoms with Crippen molar-refractivity contribution in [1.82, 2.24) is 4.57 Å². The Morgan fingerprint density at radius 2 is 1.07 bits per heavy atom. The highest BCUT2D eigenvalue weighted by atomic mass is 16.5. The first kappa shape index (κ1) is 21.6. The molecule has 0 aliphatic carbocycles. The molecule has 0 saturated heterocycles. The Labute approximate surface area is 231 Å². The number of aromatic nitrogens is 1. The monoisotopic (exact) mass is 509 g/mol. The van der Waals surface area contributed by atoms with Crippen LogP contribution in [0.25, 0.3) is 71.3 Å². The molecule has 8 aromatic rings. The van der Waals surface area contributed by atoms with Gasteiger partial charge in [-0.1, -0.05) is 103 Å². The number of benzene rings is 7. The lowest BCUT2D eigenvalue weighted by atomic mass is 9.88. The summed E-state index contributed by atoms with van der Waals surface area (Å²) in [4.78, 5) is 0. The topological polar surface area (TPSA) is 14.2 Å². The third-order valence-electron chi connectivity index (χ3n) is 8.38. The normalized spacial score (nSPS) is 12.2. The Hall–Kier alpha value is -5.34. The first-order valence-electron chi connectivity index (χ1n) is 13.7. The molecule has 0 spiro atoms. The summed E-state index contributed by atoms with van der Waals surface area (Å²) < 4.78 is 8.82. The summed E-state index contributed by atoms with van der Waals surface area (Å²) in [6, 6.07) is 50.0. The van der Waals surface area contributed by atoms with E-state index in [0.717, 1.165) is 22.7 Å². The summed E-state index contributed by atoms with van der Waals surface area (Å²) in [7, 11) is 0. The Balaban J connectivity index is 1.44. The molecule has 9 rings (SSSR count). The summed E-state index contributed by atoms with van der Waals surface area (Å²) in [6.07, 6.45) is 0. The van der Waals surface area contributed by atoms with Crippen molar-refractivity contribution in [1.29, 1.82) is 0 Å². The zero-order chi connectivity index (χ0) is 26.2. The van der Waals surface area contributed by atoms with Gasteiger partial charge < -0.3 is 9.30 Å². The van der Waals surface area contributed by atoms with Crippen molar-refractivity contribution >= 4 is 43.4 Å². The third-order valence-corrected chi connectivity index (χ3v) is 8.38. The maximum atomic E-state index is 6.41. The average Bonchev–Trinajstić information content (AvgIpc) is 3.36. The Kier molecular flexibility index (Phi) is 4.36. The molecule has 0 bridgehead atoms. The zero-order valence-electron chi connectivity index (χ0n) is 21.6. The van der Waals surface area contributed by atoms with Gasteiger partial charge in [-0.2, -0.15) is 0 Å². The van der Waals surface area contributed by atoms with Crippen molar-refractivity contribution in [2.45, 2.75) is 0 Å². The molecule has 2 heterocycles. The number of para-hydroxylation sites is 3. The second kappa shape index (κ2) is 8.08. The summed E-state index contributed by atoms with van der Waals surface area (Å²) in [5.41, 5.74) is 8.40. The van der Waals surface area contributed by atoms with E-state index in [1.165, 1.54) is 60.0 Å². The molecule has 1 aliphatic rings. The van der Waals surface area contributed by atoms with Crippen LogP contribution in [0.15, 0.2) is 140 Å². The van der Waals surface area contributed by atoms with Crippen LogP contribution in [0.4, 0.5) is 0 Å². The minimum absolute atomic E-state index is 0.912. The van der Waals surface area contributed by atoms with Gasteiger partial charge in [-0.25, -0.2) is 0 Å². The molecule has 1 aromatic heterocycles. The standard InChI is InChI=1S/C38H23NO/c1-2-11-24(12-3-1)39-33-19-8-6-16-31(33)37-28-15-5-4-13-25(28)32(23-34(37)39)26-21-22-36-38-29(26)17-10-18-30(38)27-14-7-9-20-35(27)40-36/h1-23H. The van der Waals surface area contributed by atoms with E-state index in [1.54, 1.807) is 0 Å². The van der Waals surface area contributed by atoms with Crippen molar-refractivity contribution in [2.24, 2.45) is 0 Å². The highest BCUT2D eigenvalue weighted by molar-refractivity contribution is 6.25. The molecule has 40 heavy (non-hydrogen) atoms. The number of nitrogens with zero attached hydrogens (tertiary/aromatic N) is 1. The molecule has 0 atom stereocenters. The molecule has 2 nitrogen and oxygen atoms in total. The SMILES string of the molecule is c1ccc(-n2c3ccccc3c3c4ccccc4c(-c4ccc5c6c(cccc46)-c4ccccc4O5)cc32)cc1. The fourth-order valence-corrected chi connectivity index (χ4v) is 6.72. The summed E-state index contributed by atoms with van der Waals surface area (Å²) in [6.45, 7) is 0. The van der Waals surface area contributed by atoms with Gasteiger partial charge in [-0.15, -0.1) is 0 Å². The van der Waals surface area contributed by atoms with Crippen LogP contribution in [0.3, 0.4) is 0 Å². The first-order valence-corrected chi connectivity index (χ1v) is 13.7. The fourth-order valence-electron chi connectivity index (χ4n) is 6.72.